The predicted octanol–water partition coefficient (Wildman–Crippen LogP) is 2.40. The molecule has 1 fully saturated rings. The third-order valence-electron chi connectivity index (χ3n) is 3.49. The Morgan fingerprint density at radius 3 is 2.94 bits per heavy atom. The minimum absolute atomic E-state index is 0.214. The molecular weight excluding hydrogens is 236 g/mol. The van der Waals surface area contributed by atoms with Crippen LogP contribution in [0.4, 0.5) is 0 Å². The van der Waals surface area contributed by atoms with Crippen LogP contribution < -0.4 is 5.73 Å². The van der Waals surface area contributed by atoms with Gasteiger partial charge in [-0.25, -0.2) is 0 Å². The van der Waals surface area contributed by atoms with Gasteiger partial charge in [0.15, 0.2) is 0 Å². The molecular formula is C12H20N2S2. The number of hydrogen-bond acceptors (Lipinski definition) is 4. The van der Waals surface area contributed by atoms with Crippen LogP contribution >= 0.6 is 23.1 Å². The van der Waals surface area contributed by atoms with Crippen LogP contribution in [0.1, 0.15) is 18.9 Å². The van der Waals surface area contributed by atoms with Crippen LogP contribution in [0.15, 0.2) is 16.8 Å². The van der Waals surface area contributed by atoms with E-state index in [1.807, 2.05) is 0 Å². The van der Waals surface area contributed by atoms with Crippen molar-refractivity contribution >= 4 is 23.1 Å². The Morgan fingerprint density at radius 2 is 2.44 bits per heavy atom. The van der Waals surface area contributed by atoms with Gasteiger partial charge in [-0.3, -0.25) is 4.90 Å². The quantitative estimate of drug-likeness (QED) is 0.897. The lowest BCUT2D eigenvalue weighted by Gasteiger charge is -2.37. The van der Waals surface area contributed by atoms with Crippen LogP contribution in [-0.4, -0.2) is 35.0 Å². The molecule has 0 spiro atoms. The molecule has 90 valence electrons. The van der Waals surface area contributed by atoms with Crippen molar-refractivity contribution in [3.05, 3.63) is 22.4 Å². The number of thiophene rings is 1. The van der Waals surface area contributed by atoms with Gasteiger partial charge in [0.05, 0.1) is 0 Å². The van der Waals surface area contributed by atoms with Gasteiger partial charge in [-0.1, -0.05) is 6.92 Å². The van der Waals surface area contributed by atoms with Crippen LogP contribution in [-0.2, 0) is 6.54 Å². The number of thioether (sulfide) groups is 1. The van der Waals surface area contributed by atoms with Crippen LogP contribution in [0.25, 0.3) is 0 Å². The first kappa shape index (κ1) is 12.4. The van der Waals surface area contributed by atoms with E-state index in [2.05, 4.69) is 47.5 Å². The van der Waals surface area contributed by atoms with Crippen molar-refractivity contribution < 1.29 is 0 Å². The molecule has 2 atom stereocenters. The van der Waals surface area contributed by atoms with Crippen molar-refractivity contribution in [2.75, 3.05) is 19.3 Å². The number of likely N-dealkylation sites (N-methyl/N-ethyl adjacent to an activating group) is 1. The van der Waals surface area contributed by atoms with Gasteiger partial charge in [0.1, 0.15) is 0 Å². The summed E-state index contributed by atoms with van der Waals surface area (Å²) in [5.74, 6) is 1.17. The highest BCUT2D eigenvalue weighted by Crippen LogP contribution is 2.38. The summed E-state index contributed by atoms with van der Waals surface area (Å²) < 4.78 is 0. The van der Waals surface area contributed by atoms with Crippen molar-refractivity contribution in [1.29, 1.82) is 0 Å². The third kappa shape index (κ3) is 2.45. The Morgan fingerprint density at radius 1 is 1.62 bits per heavy atom. The molecule has 2 heterocycles. The number of hydrogen-bond donors (Lipinski definition) is 1. The lowest BCUT2D eigenvalue weighted by Crippen LogP contribution is -2.52. The largest absolute Gasteiger partial charge is 0.329 e. The Kier molecular flexibility index (Phi) is 3.95. The summed E-state index contributed by atoms with van der Waals surface area (Å²) in [7, 11) is 2.21. The molecule has 2 unspecified atom stereocenters. The van der Waals surface area contributed by atoms with Crippen molar-refractivity contribution in [3.63, 3.8) is 0 Å². The van der Waals surface area contributed by atoms with Gasteiger partial charge in [-0.15, -0.1) is 0 Å². The van der Waals surface area contributed by atoms with Gasteiger partial charge in [-0.2, -0.15) is 23.1 Å². The normalized spacial score (nSPS) is 30.1. The van der Waals surface area contributed by atoms with Crippen LogP contribution in [0.2, 0.25) is 0 Å². The first-order valence-electron chi connectivity index (χ1n) is 5.70. The monoisotopic (exact) mass is 256 g/mol. The molecule has 1 aliphatic heterocycles. The smallest absolute Gasteiger partial charge is 0.0432 e. The van der Waals surface area contributed by atoms with Crippen molar-refractivity contribution in [2.45, 2.75) is 30.7 Å². The van der Waals surface area contributed by atoms with Gasteiger partial charge < -0.3 is 5.73 Å². The number of nitrogens with two attached hydrogens (primary N) is 1. The third-order valence-corrected chi connectivity index (χ3v) is 5.67. The highest BCUT2D eigenvalue weighted by Gasteiger charge is 2.40. The minimum Gasteiger partial charge on any atom is -0.329 e. The topological polar surface area (TPSA) is 29.3 Å². The molecule has 2 rings (SSSR count). The zero-order valence-corrected chi connectivity index (χ0v) is 11.6. The second-order valence-corrected chi connectivity index (χ2v) is 6.95. The van der Waals surface area contributed by atoms with Gasteiger partial charge in [-0.05, 0) is 35.9 Å². The van der Waals surface area contributed by atoms with Gasteiger partial charge in [0, 0.05) is 29.6 Å². The molecule has 0 bridgehead atoms. The lowest BCUT2D eigenvalue weighted by molar-refractivity contribution is 0.139. The summed E-state index contributed by atoms with van der Waals surface area (Å²) in [6.45, 7) is 4.10. The molecule has 0 saturated carbocycles. The summed E-state index contributed by atoms with van der Waals surface area (Å²) in [5.41, 5.74) is 7.63. The van der Waals surface area contributed by atoms with E-state index in [-0.39, 0.29) is 5.54 Å². The van der Waals surface area contributed by atoms with Gasteiger partial charge in [0.25, 0.3) is 0 Å². The fourth-order valence-corrected chi connectivity index (χ4v) is 4.48. The Hall–Kier alpha value is -0.0300. The minimum atomic E-state index is 0.214. The maximum atomic E-state index is 6.01. The van der Waals surface area contributed by atoms with Crippen LogP contribution in [0, 0.1) is 0 Å². The van der Waals surface area contributed by atoms with E-state index in [0.717, 1.165) is 18.3 Å². The summed E-state index contributed by atoms with van der Waals surface area (Å²) in [6, 6.07) is 2.21. The highest BCUT2D eigenvalue weighted by atomic mass is 32.2. The first-order valence-corrected chi connectivity index (χ1v) is 7.69. The first-order chi connectivity index (χ1) is 7.66. The second kappa shape index (κ2) is 5.08. The van der Waals surface area contributed by atoms with E-state index in [9.17, 15) is 0 Å². The molecule has 4 heteroatoms. The van der Waals surface area contributed by atoms with E-state index in [1.165, 1.54) is 17.7 Å². The molecule has 0 aliphatic carbocycles. The zero-order chi connectivity index (χ0) is 11.6. The summed E-state index contributed by atoms with van der Waals surface area (Å²) in [6.07, 6.45) is 1.22. The maximum absolute atomic E-state index is 6.01. The van der Waals surface area contributed by atoms with Gasteiger partial charge >= 0.3 is 0 Å². The molecule has 1 aromatic rings. The molecule has 1 saturated heterocycles. The molecule has 1 aromatic heterocycles. The summed E-state index contributed by atoms with van der Waals surface area (Å²) >= 11 is 3.82. The average Bonchev–Trinajstić information content (AvgIpc) is 2.88. The molecule has 2 nitrogen and oxygen atoms in total. The second-order valence-electron chi connectivity index (χ2n) is 4.74. The Balaban J connectivity index is 2.04. The Bertz CT molecular complexity index is 326. The van der Waals surface area contributed by atoms with Crippen LogP contribution in [0.5, 0.6) is 0 Å². The molecule has 0 amide bonds. The number of rotatable bonds is 4. The molecule has 0 radical (unpaired) electrons. The highest BCUT2D eigenvalue weighted by molar-refractivity contribution is 8.00. The average molecular weight is 256 g/mol. The summed E-state index contributed by atoms with van der Waals surface area (Å²) in [5, 5.41) is 5.12. The van der Waals surface area contributed by atoms with E-state index >= 15 is 0 Å². The van der Waals surface area contributed by atoms with Gasteiger partial charge in [0.2, 0.25) is 0 Å². The standard InChI is InChI=1S/C12H20N2S2/c1-10-5-12(8-13,9-16-10)14(2)6-11-3-4-15-7-11/h3-4,7,10H,5-6,8-9,13H2,1-2H3. The van der Waals surface area contributed by atoms with Crippen molar-refractivity contribution in [2.24, 2.45) is 5.73 Å². The molecule has 1 aliphatic rings. The Labute approximate surface area is 106 Å². The van der Waals surface area contributed by atoms with Crippen molar-refractivity contribution in [3.8, 4) is 0 Å². The molecule has 2 N–H and O–H groups in total. The SMILES string of the molecule is CC1CC(CN)(N(C)Cc2ccsc2)CS1. The van der Waals surface area contributed by atoms with E-state index in [1.54, 1.807) is 11.3 Å². The zero-order valence-electron chi connectivity index (χ0n) is 9.98. The van der Waals surface area contributed by atoms with E-state index in [0.29, 0.717) is 0 Å². The molecule has 0 aromatic carbocycles. The van der Waals surface area contributed by atoms with Crippen LogP contribution in [0.3, 0.4) is 0 Å². The predicted molar refractivity (Wildman–Crippen MR) is 74.1 cm³/mol. The van der Waals surface area contributed by atoms with Crippen molar-refractivity contribution in [1.82, 2.24) is 4.90 Å². The maximum Gasteiger partial charge on any atom is 0.0432 e. The lowest BCUT2D eigenvalue weighted by atomic mass is 9.94. The van der Waals surface area contributed by atoms with E-state index in [4.69, 9.17) is 5.73 Å². The fourth-order valence-electron chi connectivity index (χ4n) is 2.34. The fraction of sp³-hybridized carbons (Fsp3) is 0.667. The summed E-state index contributed by atoms with van der Waals surface area (Å²) in [4.78, 5) is 2.45. The molecule has 16 heavy (non-hydrogen) atoms. The number of nitrogens with zero attached hydrogens (tertiary/aromatic N) is 1. The van der Waals surface area contributed by atoms with E-state index < -0.39 is 0 Å².